The van der Waals surface area contributed by atoms with Crippen LogP contribution in [-0.4, -0.2) is 33.2 Å². The average Bonchev–Trinajstić information content (AvgIpc) is 2.60. The molecule has 0 aromatic heterocycles. The molecule has 0 atom stereocenters. The molecule has 6 heteroatoms. The highest BCUT2D eigenvalue weighted by Gasteiger charge is 2.18. The molecule has 0 aliphatic carbocycles. The molecule has 2 rings (SSSR count). The van der Waals surface area contributed by atoms with E-state index in [1.54, 1.807) is 43.3 Å². The fourth-order valence-electron chi connectivity index (χ4n) is 2.32. The Balaban J connectivity index is 2.34. The molecule has 0 saturated carbocycles. The minimum absolute atomic E-state index is 0.328. The van der Waals surface area contributed by atoms with Gasteiger partial charge in [-0.1, -0.05) is 12.1 Å². The van der Waals surface area contributed by atoms with E-state index < -0.39 is 5.97 Å². The molecule has 0 spiro atoms. The summed E-state index contributed by atoms with van der Waals surface area (Å²) >= 11 is 0. The van der Waals surface area contributed by atoms with Crippen molar-refractivity contribution in [3.8, 4) is 11.5 Å². The van der Waals surface area contributed by atoms with Crippen LogP contribution in [0, 0.1) is 6.92 Å². The van der Waals surface area contributed by atoms with Gasteiger partial charge in [0.05, 0.1) is 32.6 Å². The summed E-state index contributed by atoms with van der Waals surface area (Å²) in [6.07, 6.45) is 0. The van der Waals surface area contributed by atoms with E-state index in [-0.39, 0.29) is 5.91 Å². The number of anilines is 1. The van der Waals surface area contributed by atoms with Crippen LogP contribution in [0.5, 0.6) is 11.5 Å². The maximum Gasteiger partial charge on any atom is 0.340 e. The second kappa shape index (κ2) is 7.50. The fraction of sp³-hybridized carbons (Fsp3) is 0.222. The Labute approximate surface area is 140 Å². The summed E-state index contributed by atoms with van der Waals surface area (Å²) in [6.45, 7) is 1.78. The monoisotopic (exact) mass is 329 g/mol. The van der Waals surface area contributed by atoms with Crippen LogP contribution in [0.1, 0.15) is 26.3 Å². The number of methoxy groups -OCH3 is 3. The SMILES string of the molecule is COC(=O)c1c(C)cccc1NC(=O)c1ccc(OC)c(OC)c1. The fourth-order valence-corrected chi connectivity index (χ4v) is 2.32. The maximum absolute atomic E-state index is 12.5. The first-order chi connectivity index (χ1) is 11.5. The highest BCUT2D eigenvalue weighted by Crippen LogP contribution is 2.28. The van der Waals surface area contributed by atoms with Crippen LogP contribution in [0.2, 0.25) is 0 Å². The van der Waals surface area contributed by atoms with E-state index in [9.17, 15) is 9.59 Å². The molecular weight excluding hydrogens is 310 g/mol. The first-order valence-electron chi connectivity index (χ1n) is 7.23. The Morgan fingerprint density at radius 1 is 0.958 bits per heavy atom. The average molecular weight is 329 g/mol. The number of benzene rings is 2. The van der Waals surface area contributed by atoms with Gasteiger partial charge >= 0.3 is 5.97 Å². The molecule has 0 aliphatic heterocycles. The van der Waals surface area contributed by atoms with Crippen molar-refractivity contribution in [1.82, 2.24) is 0 Å². The van der Waals surface area contributed by atoms with Crippen molar-refractivity contribution in [2.45, 2.75) is 6.92 Å². The molecule has 0 fully saturated rings. The van der Waals surface area contributed by atoms with Crippen molar-refractivity contribution in [3.63, 3.8) is 0 Å². The predicted octanol–water partition coefficient (Wildman–Crippen LogP) is 3.05. The molecule has 2 aromatic rings. The molecule has 2 aromatic carbocycles. The normalized spacial score (nSPS) is 10.0. The first kappa shape index (κ1) is 17.3. The van der Waals surface area contributed by atoms with Crippen molar-refractivity contribution in [2.24, 2.45) is 0 Å². The molecular formula is C18H19NO5. The predicted molar refractivity (Wildman–Crippen MR) is 90.0 cm³/mol. The Morgan fingerprint density at radius 2 is 1.67 bits per heavy atom. The van der Waals surface area contributed by atoms with Crippen LogP contribution >= 0.6 is 0 Å². The number of hydrogen-bond donors (Lipinski definition) is 1. The van der Waals surface area contributed by atoms with Crippen LogP contribution in [0.3, 0.4) is 0 Å². The summed E-state index contributed by atoms with van der Waals surface area (Å²) < 4.78 is 15.1. The lowest BCUT2D eigenvalue weighted by Crippen LogP contribution is -2.16. The van der Waals surface area contributed by atoms with Gasteiger partial charge in [0.25, 0.3) is 5.91 Å². The van der Waals surface area contributed by atoms with Crippen molar-refractivity contribution in [3.05, 3.63) is 53.1 Å². The van der Waals surface area contributed by atoms with E-state index in [1.807, 2.05) is 0 Å². The lowest BCUT2D eigenvalue weighted by Gasteiger charge is -2.13. The van der Waals surface area contributed by atoms with Crippen molar-refractivity contribution >= 4 is 17.6 Å². The number of carbonyl (C=O) groups excluding carboxylic acids is 2. The molecule has 1 N–H and O–H groups in total. The highest BCUT2D eigenvalue weighted by molar-refractivity contribution is 6.08. The van der Waals surface area contributed by atoms with Crippen LogP contribution in [0.15, 0.2) is 36.4 Å². The molecule has 6 nitrogen and oxygen atoms in total. The summed E-state index contributed by atoms with van der Waals surface area (Å²) in [5, 5.41) is 2.74. The van der Waals surface area contributed by atoms with Gasteiger partial charge in [0.15, 0.2) is 11.5 Å². The number of nitrogens with one attached hydrogen (secondary N) is 1. The van der Waals surface area contributed by atoms with Gasteiger partial charge in [0, 0.05) is 5.56 Å². The van der Waals surface area contributed by atoms with Crippen LogP contribution in [0.25, 0.3) is 0 Å². The number of ether oxygens (including phenoxy) is 3. The first-order valence-corrected chi connectivity index (χ1v) is 7.23. The minimum atomic E-state index is -0.504. The second-order valence-corrected chi connectivity index (χ2v) is 5.01. The number of carbonyl (C=O) groups is 2. The largest absolute Gasteiger partial charge is 0.493 e. The summed E-state index contributed by atoms with van der Waals surface area (Å²) in [5.41, 5.74) is 1.81. The van der Waals surface area contributed by atoms with Crippen LogP contribution < -0.4 is 14.8 Å². The third-order valence-electron chi connectivity index (χ3n) is 3.56. The van der Waals surface area contributed by atoms with E-state index in [0.717, 1.165) is 0 Å². The number of amides is 1. The summed E-state index contributed by atoms with van der Waals surface area (Å²) in [5.74, 6) is 0.102. The molecule has 0 heterocycles. The van der Waals surface area contributed by atoms with Crippen molar-refractivity contribution in [1.29, 1.82) is 0 Å². The second-order valence-electron chi connectivity index (χ2n) is 5.01. The van der Waals surface area contributed by atoms with Crippen LogP contribution in [0.4, 0.5) is 5.69 Å². The van der Waals surface area contributed by atoms with Gasteiger partial charge in [-0.25, -0.2) is 4.79 Å². The van der Waals surface area contributed by atoms with E-state index in [1.165, 1.54) is 21.3 Å². The minimum Gasteiger partial charge on any atom is -0.493 e. The molecule has 0 aliphatic rings. The van der Waals surface area contributed by atoms with Crippen molar-refractivity contribution in [2.75, 3.05) is 26.6 Å². The van der Waals surface area contributed by atoms with Gasteiger partial charge in [0.1, 0.15) is 0 Å². The molecule has 24 heavy (non-hydrogen) atoms. The van der Waals surface area contributed by atoms with E-state index in [0.29, 0.717) is 33.9 Å². The van der Waals surface area contributed by atoms with E-state index >= 15 is 0 Å². The van der Waals surface area contributed by atoms with Gasteiger partial charge in [-0.05, 0) is 36.8 Å². The quantitative estimate of drug-likeness (QED) is 0.854. The molecule has 0 bridgehead atoms. The number of aryl methyl sites for hydroxylation is 1. The van der Waals surface area contributed by atoms with E-state index in [2.05, 4.69) is 5.32 Å². The zero-order chi connectivity index (χ0) is 17.7. The summed E-state index contributed by atoms with van der Waals surface area (Å²) in [4.78, 5) is 24.4. The van der Waals surface area contributed by atoms with Gasteiger partial charge in [-0.2, -0.15) is 0 Å². The Hall–Kier alpha value is -3.02. The molecule has 0 unspecified atom stereocenters. The van der Waals surface area contributed by atoms with Crippen LogP contribution in [-0.2, 0) is 4.74 Å². The number of hydrogen-bond acceptors (Lipinski definition) is 5. The van der Waals surface area contributed by atoms with Gasteiger partial charge in [-0.15, -0.1) is 0 Å². The van der Waals surface area contributed by atoms with E-state index in [4.69, 9.17) is 14.2 Å². The molecule has 126 valence electrons. The summed E-state index contributed by atoms with van der Waals surface area (Å²) in [7, 11) is 4.32. The van der Waals surface area contributed by atoms with Gasteiger partial charge < -0.3 is 19.5 Å². The zero-order valence-corrected chi connectivity index (χ0v) is 14.0. The Kier molecular flexibility index (Phi) is 5.42. The molecule has 1 amide bonds. The molecule has 0 saturated heterocycles. The van der Waals surface area contributed by atoms with Gasteiger partial charge in [-0.3, -0.25) is 4.79 Å². The Morgan fingerprint density at radius 3 is 2.29 bits per heavy atom. The third-order valence-corrected chi connectivity index (χ3v) is 3.56. The maximum atomic E-state index is 12.5. The van der Waals surface area contributed by atoms with Crippen molar-refractivity contribution < 1.29 is 23.8 Å². The lowest BCUT2D eigenvalue weighted by molar-refractivity contribution is 0.0601. The summed E-state index contributed by atoms with van der Waals surface area (Å²) in [6, 6.07) is 10.0. The third kappa shape index (κ3) is 3.48. The number of esters is 1. The van der Waals surface area contributed by atoms with Gasteiger partial charge in [0.2, 0.25) is 0 Å². The Bertz CT molecular complexity index is 770. The lowest BCUT2D eigenvalue weighted by atomic mass is 10.1. The highest BCUT2D eigenvalue weighted by atomic mass is 16.5. The topological polar surface area (TPSA) is 73.9 Å². The molecule has 0 radical (unpaired) electrons. The number of rotatable bonds is 5. The smallest absolute Gasteiger partial charge is 0.340 e. The zero-order valence-electron chi connectivity index (χ0n) is 14.0. The standard InChI is InChI=1S/C18H19NO5/c1-11-6-5-7-13(16(11)18(21)24-4)19-17(20)12-8-9-14(22-2)15(10-12)23-3/h5-10H,1-4H3,(H,19,20).